The van der Waals surface area contributed by atoms with Gasteiger partial charge in [0.05, 0.1) is 12.8 Å². The molecule has 0 aliphatic heterocycles. The number of ether oxygens (including phenoxy) is 2. The minimum absolute atomic E-state index is 0.171. The molecule has 0 bridgehead atoms. The van der Waals surface area contributed by atoms with E-state index in [0.717, 1.165) is 11.1 Å². The molecule has 3 aromatic carbocycles. The molecule has 35 heavy (non-hydrogen) atoms. The van der Waals surface area contributed by atoms with Crippen molar-refractivity contribution in [1.29, 1.82) is 0 Å². The Morgan fingerprint density at radius 1 is 0.914 bits per heavy atom. The first-order valence-corrected chi connectivity index (χ1v) is 11.4. The topological polar surface area (TPSA) is 89.0 Å². The second-order valence-corrected chi connectivity index (χ2v) is 8.26. The maximum Gasteiger partial charge on any atom is 0.271 e. The smallest absolute Gasteiger partial charge is 0.271 e. The molecule has 0 unspecified atom stereocenters. The summed E-state index contributed by atoms with van der Waals surface area (Å²) in [5.41, 5.74) is 9.11. The monoisotopic (exact) mass is 473 g/mol. The molecule has 0 spiro atoms. The number of carbonyl (C=O) groups is 2. The lowest BCUT2D eigenvalue weighted by atomic mass is 10.0. The van der Waals surface area contributed by atoms with Crippen LogP contribution >= 0.6 is 0 Å². The van der Waals surface area contributed by atoms with Crippen molar-refractivity contribution in [2.24, 2.45) is 5.10 Å². The van der Waals surface area contributed by atoms with E-state index in [9.17, 15) is 9.59 Å². The number of nitrogens with one attached hydrogen (secondary N) is 2. The first-order valence-electron chi connectivity index (χ1n) is 11.4. The van der Waals surface area contributed by atoms with E-state index in [1.807, 2.05) is 25.1 Å². The van der Waals surface area contributed by atoms with E-state index in [-0.39, 0.29) is 11.8 Å². The highest BCUT2D eigenvalue weighted by Gasteiger charge is 2.10. The van der Waals surface area contributed by atoms with Gasteiger partial charge in [0.1, 0.15) is 6.61 Å². The number of nitrogens with zero attached hydrogens (tertiary/aromatic N) is 1. The minimum Gasteiger partial charge on any atom is -0.490 e. The van der Waals surface area contributed by atoms with Gasteiger partial charge in [0.15, 0.2) is 11.5 Å². The van der Waals surface area contributed by atoms with Crippen LogP contribution in [0.25, 0.3) is 0 Å². The Morgan fingerprint density at radius 3 is 2.23 bits per heavy atom. The van der Waals surface area contributed by atoms with Crippen molar-refractivity contribution in [3.63, 3.8) is 0 Å². The molecule has 0 saturated heterocycles. The summed E-state index contributed by atoms with van der Waals surface area (Å²) in [6.45, 7) is 10.5. The lowest BCUT2D eigenvalue weighted by molar-refractivity contribution is -0.114. The summed E-state index contributed by atoms with van der Waals surface area (Å²) in [5, 5.41) is 6.71. The highest BCUT2D eigenvalue weighted by Crippen LogP contribution is 2.30. The number of rotatable bonds is 9. The van der Waals surface area contributed by atoms with Crippen molar-refractivity contribution in [2.75, 3.05) is 11.9 Å². The van der Waals surface area contributed by atoms with Crippen LogP contribution in [0.3, 0.4) is 0 Å². The van der Waals surface area contributed by atoms with Crippen LogP contribution in [0, 0.1) is 20.8 Å². The SMILES string of the molecule is CCOc1cc(/C=N\NC(=O)c2ccc(NC(C)=O)cc2)ccc1OCc1c(C)cc(C)cc1C. The van der Waals surface area contributed by atoms with Gasteiger partial charge in [0.25, 0.3) is 5.91 Å². The molecular weight excluding hydrogens is 442 g/mol. The molecule has 7 heteroatoms. The molecule has 0 aliphatic carbocycles. The van der Waals surface area contributed by atoms with Crippen LogP contribution < -0.4 is 20.2 Å². The molecule has 7 nitrogen and oxygen atoms in total. The largest absolute Gasteiger partial charge is 0.490 e. The Hall–Kier alpha value is -4.13. The van der Waals surface area contributed by atoms with Gasteiger partial charge in [-0.1, -0.05) is 17.7 Å². The summed E-state index contributed by atoms with van der Waals surface area (Å²) < 4.78 is 11.9. The Labute approximate surface area is 206 Å². The fourth-order valence-electron chi connectivity index (χ4n) is 3.72. The number of aryl methyl sites for hydroxylation is 3. The quantitative estimate of drug-likeness (QED) is 0.326. The summed E-state index contributed by atoms with van der Waals surface area (Å²) in [6, 6.07) is 16.4. The summed E-state index contributed by atoms with van der Waals surface area (Å²) in [4.78, 5) is 23.4. The zero-order chi connectivity index (χ0) is 25.4. The Balaban J connectivity index is 1.65. The zero-order valence-corrected chi connectivity index (χ0v) is 20.8. The Kier molecular flexibility index (Phi) is 8.62. The predicted molar refractivity (Wildman–Crippen MR) is 138 cm³/mol. The molecule has 182 valence electrons. The van der Waals surface area contributed by atoms with Crippen LogP contribution in [0.4, 0.5) is 5.69 Å². The van der Waals surface area contributed by atoms with E-state index >= 15 is 0 Å². The maximum absolute atomic E-state index is 12.3. The molecule has 0 aliphatic rings. The lowest BCUT2D eigenvalue weighted by Gasteiger charge is -2.15. The number of benzene rings is 3. The van der Waals surface area contributed by atoms with Crippen molar-refractivity contribution >= 4 is 23.7 Å². The summed E-state index contributed by atoms with van der Waals surface area (Å²) in [5.74, 6) is 0.727. The summed E-state index contributed by atoms with van der Waals surface area (Å²) in [7, 11) is 0. The van der Waals surface area contributed by atoms with Gasteiger partial charge in [-0.25, -0.2) is 5.43 Å². The van der Waals surface area contributed by atoms with E-state index in [2.05, 4.69) is 48.7 Å². The van der Waals surface area contributed by atoms with Crippen LogP contribution in [-0.2, 0) is 11.4 Å². The van der Waals surface area contributed by atoms with Crippen molar-refractivity contribution in [2.45, 2.75) is 41.2 Å². The molecule has 3 rings (SSSR count). The molecule has 2 amide bonds. The summed E-state index contributed by atoms with van der Waals surface area (Å²) >= 11 is 0. The molecule has 3 aromatic rings. The van der Waals surface area contributed by atoms with Crippen LogP contribution in [0.2, 0.25) is 0 Å². The van der Waals surface area contributed by atoms with Crippen molar-refractivity contribution in [1.82, 2.24) is 5.43 Å². The third kappa shape index (κ3) is 7.17. The average molecular weight is 474 g/mol. The third-order valence-corrected chi connectivity index (χ3v) is 5.33. The van der Waals surface area contributed by atoms with Crippen molar-refractivity contribution < 1.29 is 19.1 Å². The lowest BCUT2D eigenvalue weighted by Crippen LogP contribution is -2.17. The first-order chi connectivity index (χ1) is 16.8. The second-order valence-electron chi connectivity index (χ2n) is 8.26. The third-order valence-electron chi connectivity index (χ3n) is 5.33. The van der Waals surface area contributed by atoms with Crippen LogP contribution in [0.1, 0.15) is 52.0 Å². The normalized spacial score (nSPS) is 10.8. The van der Waals surface area contributed by atoms with E-state index in [1.54, 1.807) is 30.5 Å². The minimum atomic E-state index is -0.357. The van der Waals surface area contributed by atoms with Gasteiger partial charge in [0, 0.05) is 18.2 Å². The molecule has 0 heterocycles. The fourth-order valence-corrected chi connectivity index (χ4v) is 3.72. The number of hydrogen-bond acceptors (Lipinski definition) is 5. The van der Waals surface area contributed by atoms with Crippen LogP contribution in [0.5, 0.6) is 11.5 Å². The Bertz CT molecular complexity index is 1210. The number of amides is 2. The maximum atomic E-state index is 12.3. The van der Waals surface area contributed by atoms with E-state index in [1.165, 1.54) is 23.6 Å². The molecule has 2 N–H and O–H groups in total. The highest BCUT2D eigenvalue weighted by molar-refractivity contribution is 5.96. The van der Waals surface area contributed by atoms with Crippen LogP contribution in [0.15, 0.2) is 59.7 Å². The van der Waals surface area contributed by atoms with Gasteiger partial charge >= 0.3 is 0 Å². The zero-order valence-electron chi connectivity index (χ0n) is 20.8. The number of carbonyl (C=O) groups excluding carboxylic acids is 2. The molecule has 0 radical (unpaired) electrons. The average Bonchev–Trinajstić information content (AvgIpc) is 2.79. The highest BCUT2D eigenvalue weighted by atomic mass is 16.5. The van der Waals surface area contributed by atoms with Crippen LogP contribution in [-0.4, -0.2) is 24.6 Å². The molecule has 0 fully saturated rings. The van der Waals surface area contributed by atoms with Gasteiger partial charge < -0.3 is 14.8 Å². The molecular formula is C28H31N3O4. The standard InChI is InChI=1S/C28H31N3O4/c1-6-34-27-15-22(7-12-26(27)35-17-25-19(3)13-18(2)14-20(25)4)16-29-31-28(33)23-8-10-24(11-9-23)30-21(5)32/h7-16H,6,17H2,1-5H3,(H,30,32)(H,31,33)/b29-16-. The molecule has 0 atom stereocenters. The summed E-state index contributed by atoms with van der Waals surface area (Å²) in [6.07, 6.45) is 1.55. The number of hydrazone groups is 1. The second kappa shape index (κ2) is 11.8. The Morgan fingerprint density at radius 2 is 1.60 bits per heavy atom. The fraction of sp³-hybridized carbons (Fsp3) is 0.250. The molecule has 0 saturated carbocycles. The molecule has 0 aromatic heterocycles. The first kappa shape index (κ1) is 25.5. The van der Waals surface area contributed by atoms with Gasteiger partial charge in [-0.05, 0) is 92.4 Å². The number of hydrogen-bond donors (Lipinski definition) is 2. The van der Waals surface area contributed by atoms with Crippen molar-refractivity contribution in [3.8, 4) is 11.5 Å². The van der Waals surface area contributed by atoms with Gasteiger partial charge in [-0.3, -0.25) is 9.59 Å². The van der Waals surface area contributed by atoms with E-state index in [4.69, 9.17) is 9.47 Å². The van der Waals surface area contributed by atoms with Gasteiger partial charge in [-0.15, -0.1) is 0 Å². The van der Waals surface area contributed by atoms with Gasteiger partial charge in [-0.2, -0.15) is 5.10 Å². The van der Waals surface area contributed by atoms with Crippen molar-refractivity contribution in [3.05, 3.63) is 88.0 Å². The van der Waals surface area contributed by atoms with E-state index < -0.39 is 0 Å². The van der Waals surface area contributed by atoms with E-state index in [0.29, 0.717) is 36.0 Å². The van der Waals surface area contributed by atoms with Gasteiger partial charge in [0.2, 0.25) is 5.91 Å². The number of anilines is 1. The predicted octanol–water partition coefficient (Wildman–Crippen LogP) is 5.31.